The summed E-state index contributed by atoms with van der Waals surface area (Å²) < 4.78 is 0. The zero-order valence-electron chi connectivity index (χ0n) is 7.33. The Hall–Kier alpha value is -1.70. The van der Waals surface area contributed by atoms with E-state index < -0.39 is 0 Å². The van der Waals surface area contributed by atoms with Crippen LogP contribution in [-0.4, -0.2) is 9.97 Å². The number of fused-ring (bicyclic) bond motifs is 1. The van der Waals surface area contributed by atoms with E-state index in [1.807, 2.05) is 18.3 Å². The van der Waals surface area contributed by atoms with E-state index in [1.165, 1.54) is 5.57 Å². The van der Waals surface area contributed by atoms with Crippen molar-refractivity contribution in [2.75, 3.05) is 0 Å². The van der Waals surface area contributed by atoms with Crippen LogP contribution in [-0.2, 0) is 6.42 Å². The van der Waals surface area contributed by atoms with Crippen molar-refractivity contribution in [3.8, 4) is 0 Å². The Labute approximate surface area is 77.4 Å². The fraction of sp³-hybridized carbons (Fsp3) is 0.0909. The Morgan fingerprint density at radius 1 is 1.31 bits per heavy atom. The van der Waals surface area contributed by atoms with Crippen LogP contribution in [0.2, 0.25) is 0 Å². The van der Waals surface area contributed by atoms with Crippen molar-refractivity contribution in [1.29, 1.82) is 0 Å². The SMILES string of the molecule is C=CC1=C(C=C)c2cncnc2C1. The number of hydrogen-bond donors (Lipinski definition) is 0. The molecule has 0 N–H and O–H groups in total. The molecule has 0 unspecified atom stereocenters. The van der Waals surface area contributed by atoms with Crippen molar-refractivity contribution in [3.63, 3.8) is 0 Å². The smallest absolute Gasteiger partial charge is 0.115 e. The van der Waals surface area contributed by atoms with Gasteiger partial charge in [0.15, 0.2) is 0 Å². The molecule has 0 atom stereocenters. The van der Waals surface area contributed by atoms with Crippen LogP contribution in [0.15, 0.2) is 43.4 Å². The van der Waals surface area contributed by atoms with Crippen molar-refractivity contribution in [2.45, 2.75) is 6.42 Å². The predicted octanol–water partition coefficient (Wildman–Crippen LogP) is 2.16. The monoisotopic (exact) mass is 170 g/mol. The Morgan fingerprint density at radius 3 is 2.85 bits per heavy atom. The summed E-state index contributed by atoms with van der Waals surface area (Å²) in [6.07, 6.45) is 7.95. The lowest BCUT2D eigenvalue weighted by Gasteiger charge is -1.97. The number of rotatable bonds is 2. The Balaban J connectivity index is 2.60. The summed E-state index contributed by atoms with van der Waals surface area (Å²) in [6.45, 7) is 7.55. The first-order chi connectivity index (χ1) is 6.36. The molecule has 1 aliphatic rings. The summed E-state index contributed by atoms with van der Waals surface area (Å²) in [5.41, 5.74) is 4.46. The number of nitrogens with zero attached hydrogens (tertiary/aromatic N) is 2. The fourth-order valence-corrected chi connectivity index (χ4v) is 1.59. The van der Waals surface area contributed by atoms with Gasteiger partial charge in [-0.2, -0.15) is 0 Å². The van der Waals surface area contributed by atoms with Gasteiger partial charge in [0.2, 0.25) is 0 Å². The van der Waals surface area contributed by atoms with E-state index in [4.69, 9.17) is 0 Å². The highest BCUT2D eigenvalue weighted by atomic mass is 14.8. The standard InChI is InChI=1S/C11H10N2/c1-3-8-5-11-10(9(8)4-2)6-12-7-13-11/h3-4,6-7H,1-2,5H2. The first-order valence-electron chi connectivity index (χ1n) is 4.14. The Bertz CT molecular complexity index is 402. The van der Waals surface area contributed by atoms with Gasteiger partial charge in [-0.05, 0) is 11.1 Å². The average Bonchev–Trinajstić information content (AvgIpc) is 2.55. The van der Waals surface area contributed by atoms with Gasteiger partial charge in [0.25, 0.3) is 0 Å². The van der Waals surface area contributed by atoms with Crippen LogP contribution in [0.4, 0.5) is 0 Å². The summed E-state index contributed by atoms with van der Waals surface area (Å²) in [5.74, 6) is 0. The number of allylic oxidation sites excluding steroid dienone is 4. The lowest BCUT2D eigenvalue weighted by molar-refractivity contribution is 1.05. The molecule has 0 amide bonds. The van der Waals surface area contributed by atoms with Crippen LogP contribution in [0.25, 0.3) is 5.57 Å². The second kappa shape index (κ2) is 2.98. The van der Waals surface area contributed by atoms with E-state index in [0.29, 0.717) is 0 Å². The van der Waals surface area contributed by atoms with Crippen LogP contribution in [0.3, 0.4) is 0 Å². The molecule has 64 valence electrons. The maximum atomic E-state index is 4.21. The zero-order valence-corrected chi connectivity index (χ0v) is 7.33. The minimum absolute atomic E-state index is 0.850. The summed E-state index contributed by atoms with van der Waals surface area (Å²) in [6, 6.07) is 0. The van der Waals surface area contributed by atoms with E-state index in [9.17, 15) is 0 Å². The molecule has 0 aliphatic heterocycles. The quantitative estimate of drug-likeness (QED) is 0.679. The molecule has 2 rings (SSSR count). The minimum Gasteiger partial charge on any atom is -0.244 e. The van der Waals surface area contributed by atoms with Crippen molar-refractivity contribution in [2.24, 2.45) is 0 Å². The van der Waals surface area contributed by atoms with Gasteiger partial charge in [-0.15, -0.1) is 0 Å². The van der Waals surface area contributed by atoms with Gasteiger partial charge >= 0.3 is 0 Å². The first kappa shape index (κ1) is 7.92. The third-order valence-electron chi connectivity index (χ3n) is 2.24. The largest absolute Gasteiger partial charge is 0.244 e. The molecule has 0 saturated heterocycles. The summed E-state index contributed by atoms with van der Waals surface area (Å²) in [5, 5.41) is 0. The molecule has 0 aromatic carbocycles. The molecule has 0 fully saturated rings. The van der Waals surface area contributed by atoms with E-state index in [1.54, 1.807) is 6.33 Å². The highest BCUT2D eigenvalue weighted by Crippen LogP contribution is 2.31. The topological polar surface area (TPSA) is 25.8 Å². The highest BCUT2D eigenvalue weighted by molar-refractivity contribution is 5.82. The summed E-state index contributed by atoms with van der Waals surface area (Å²) in [7, 11) is 0. The highest BCUT2D eigenvalue weighted by Gasteiger charge is 2.18. The number of aromatic nitrogens is 2. The third kappa shape index (κ3) is 1.11. The Morgan fingerprint density at radius 2 is 2.15 bits per heavy atom. The minimum atomic E-state index is 0.850. The van der Waals surface area contributed by atoms with E-state index in [-0.39, 0.29) is 0 Å². The van der Waals surface area contributed by atoms with Crippen molar-refractivity contribution < 1.29 is 0 Å². The van der Waals surface area contributed by atoms with Crippen LogP contribution in [0.1, 0.15) is 11.3 Å². The van der Waals surface area contributed by atoms with Gasteiger partial charge in [0.05, 0.1) is 5.69 Å². The third-order valence-corrected chi connectivity index (χ3v) is 2.24. The molecule has 2 nitrogen and oxygen atoms in total. The molecule has 1 aromatic heterocycles. The van der Waals surface area contributed by atoms with Gasteiger partial charge in [-0.1, -0.05) is 25.3 Å². The van der Waals surface area contributed by atoms with Crippen LogP contribution in [0, 0.1) is 0 Å². The van der Waals surface area contributed by atoms with Crippen LogP contribution < -0.4 is 0 Å². The molecule has 0 radical (unpaired) electrons. The van der Waals surface area contributed by atoms with Crippen molar-refractivity contribution in [1.82, 2.24) is 9.97 Å². The molecule has 1 heterocycles. The average molecular weight is 170 g/mol. The maximum Gasteiger partial charge on any atom is 0.115 e. The molecule has 0 spiro atoms. The molecule has 13 heavy (non-hydrogen) atoms. The lowest BCUT2D eigenvalue weighted by Crippen LogP contribution is -1.89. The van der Waals surface area contributed by atoms with Gasteiger partial charge < -0.3 is 0 Å². The molecular weight excluding hydrogens is 160 g/mol. The summed E-state index contributed by atoms with van der Waals surface area (Å²) in [4.78, 5) is 8.20. The van der Waals surface area contributed by atoms with Gasteiger partial charge in [-0.3, -0.25) is 0 Å². The van der Waals surface area contributed by atoms with Crippen molar-refractivity contribution in [3.05, 3.63) is 54.7 Å². The fourth-order valence-electron chi connectivity index (χ4n) is 1.59. The molecule has 2 heteroatoms. The first-order valence-corrected chi connectivity index (χ1v) is 4.14. The van der Waals surface area contributed by atoms with Crippen LogP contribution in [0.5, 0.6) is 0 Å². The Kier molecular flexibility index (Phi) is 1.81. The molecule has 0 saturated carbocycles. The van der Waals surface area contributed by atoms with Crippen LogP contribution >= 0.6 is 0 Å². The normalized spacial score (nSPS) is 14.2. The second-order valence-electron chi connectivity index (χ2n) is 2.91. The second-order valence-corrected chi connectivity index (χ2v) is 2.91. The molecule has 1 aliphatic carbocycles. The zero-order chi connectivity index (χ0) is 9.26. The molecular formula is C11H10N2. The van der Waals surface area contributed by atoms with E-state index in [0.717, 1.165) is 23.3 Å². The van der Waals surface area contributed by atoms with Crippen molar-refractivity contribution >= 4 is 5.57 Å². The molecule has 1 aromatic rings. The molecule has 0 bridgehead atoms. The van der Waals surface area contributed by atoms with E-state index >= 15 is 0 Å². The predicted molar refractivity (Wildman–Crippen MR) is 53.1 cm³/mol. The van der Waals surface area contributed by atoms with E-state index in [2.05, 4.69) is 23.1 Å². The van der Waals surface area contributed by atoms with Gasteiger partial charge in [0, 0.05) is 18.2 Å². The lowest BCUT2D eigenvalue weighted by atomic mass is 10.1. The van der Waals surface area contributed by atoms with Gasteiger partial charge in [-0.25, -0.2) is 9.97 Å². The van der Waals surface area contributed by atoms with Gasteiger partial charge in [0.1, 0.15) is 6.33 Å². The summed E-state index contributed by atoms with van der Waals surface area (Å²) >= 11 is 0. The maximum absolute atomic E-state index is 4.21. The number of hydrogen-bond acceptors (Lipinski definition) is 2.